The molecule has 2 atom stereocenters. The molecule has 2 aromatic heterocycles. The molecule has 3 rings (SSSR count). The second kappa shape index (κ2) is 9.75. The third-order valence-corrected chi connectivity index (χ3v) is 5.79. The monoisotopic (exact) mass is 467 g/mol. The summed E-state index contributed by atoms with van der Waals surface area (Å²) < 4.78 is 30.5. The molecule has 3 aromatic rings. The van der Waals surface area contributed by atoms with Crippen LogP contribution in [0.3, 0.4) is 0 Å². The highest BCUT2D eigenvalue weighted by atomic mass is 32.2. The molecule has 0 saturated carbocycles. The van der Waals surface area contributed by atoms with Crippen LogP contribution < -0.4 is 10.0 Å². The van der Waals surface area contributed by atoms with Gasteiger partial charge in [-0.25, -0.2) is 13.0 Å². The minimum absolute atomic E-state index is 0.0998. The molecule has 13 heteroatoms. The standard InChI is InChI=1S/C18H25N7O4S2/c1-10(2)8-12(9-26)19-16-20-17(25-31(4,27)28)22-18(21-16)30-11(3)13-6-5-7-14-15(13)24-29-23-14/h5-7,10-12,26H,8-9H2,1-4H3,(H2,19,20,21,22,25)/t11-,12-/m1/s1. The largest absolute Gasteiger partial charge is 0.394 e. The number of nitrogens with zero attached hydrogens (tertiary/aromatic N) is 5. The second-order valence-corrected chi connectivity index (χ2v) is 10.6. The van der Waals surface area contributed by atoms with E-state index in [0.29, 0.717) is 28.5 Å². The minimum atomic E-state index is -3.59. The highest BCUT2D eigenvalue weighted by Gasteiger charge is 2.19. The number of anilines is 2. The molecule has 0 bridgehead atoms. The summed E-state index contributed by atoms with van der Waals surface area (Å²) in [7, 11) is -3.59. The number of fused-ring (bicyclic) bond motifs is 1. The van der Waals surface area contributed by atoms with Crippen LogP contribution in [0.5, 0.6) is 0 Å². The van der Waals surface area contributed by atoms with Crippen molar-refractivity contribution in [1.82, 2.24) is 25.3 Å². The summed E-state index contributed by atoms with van der Waals surface area (Å²) in [6.45, 7) is 5.91. The lowest BCUT2D eigenvalue weighted by atomic mass is 10.0. The van der Waals surface area contributed by atoms with E-state index >= 15 is 0 Å². The predicted octanol–water partition coefficient (Wildman–Crippen LogP) is 2.45. The number of hydrogen-bond donors (Lipinski definition) is 3. The van der Waals surface area contributed by atoms with Gasteiger partial charge in [0.15, 0.2) is 5.16 Å². The number of aliphatic hydroxyl groups is 1. The average Bonchev–Trinajstić information content (AvgIpc) is 3.14. The molecule has 0 saturated heterocycles. The highest BCUT2D eigenvalue weighted by molar-refractivity contribution is 7.99. The summed E-state index contributed by atoms with van der Waals surface area (Å²) in [5, 5.41) is 20.7. The van der Waals surface area contributed by atoms with Crippen LogP contribution >= 0.6 is 11.8 Å². The third kappa shape index (κ3) is 6.48. The number of thioether (sulfide) groups is 1. The number of hydrogen-bond acceptors (Lipinski definition) is 11. The molecule has 168 valence electrons. The van der Waals surface area contributed by atoms with Gasteiger partial charge in [-0.1, -0.05) is 37.7 Å². The Morgan fingerprint density at radius 2 is 1.87 bits per heavy atom. The fourth-order valence-corrected chi connectivity index (χ4v) is 4.33. The van der Waals surface area contributed by atoms with E-state index in [-0.39, 0.29) is 29.8 Å². The van der Waals surface area contributed by atoms with Crippen LogP contribution in [0, 0.1) is 5.92 Å². The zero-order valence-electron chi connectivity index (χ0n) is 17.6. The van der Waals surface area contributed by atoms with Crippen molar-refractivity contribution in [1.29, 1.82) is 0 Å². The van der Waals surface area contributed by atoms with Gasteiger partial charge in [0.05, 0.1) is 18.9 Å². The molecule has 0 spiro atoms. The topological polar surface area (TPSA) is 156 Å². The highest BCUT2D eigenvalue weighted by Crippen LogP contribution is 2.36. The van der Waals surface area contributed by atoms with Crippen molar-refractivity contribution in [2.75, 3.05) is 22.9 Å². The number of rotatable bonds is 10. The Hall–Kier alpha value is -2.51. The van der Waals surface area contributed by atoms with Crippen LogP contribution in [-0.4, -0.2) is 57.7 Å². The lowest BCUT2D eigenvalue weighted by Gasteiger charge is -2.19. The van der Waals surface area contributed by atoms with Gasteiger partial charge in [0, 0.05) is 5.25 Å². The SMILES string of the molecule is CC(C)C[C@H](CO)Nc1nc(NS(C)(=O)=O)nc(S[C@H](C)c2cccc3nonc23)n1. The number of sulfonamides is 1. The van der Waals surface area contributed by atoms with Crippen molar-refractivity contribution in [3.05, 3.63) is 23.8 Å². The Bertz CT molecular complexity index is 1140. The van der Waals surface area contributed by atoms with Crippen molar-refractivity contribution in [3.63, 3.8) is 0 Å². The summed E-state index contributed by atoms with van der Waals surface area (Å²) in [6.07, 6.45) is 1.71. The number of nitrogens with one attached hydrogen (secondary N) is 2. The summed E-state index contributed by atoms with van der Waals surface area (Å²) in [6, 6.07) is 5.28. The van der Waals surface area contributed by atoms with E-state index < -0.39 is 10.0 Å². The Morgan fingerprint density at radius 3 is 2.55 bits per heavy atom. The summed E-state index contributed by atoms with van der Waals surface area (Å²) in [4.78, 5) is 12.8. The molecule has 31 heavy (non-hydrogen) atoms. The number of benzene rings is 1. The molecular weight excluding hydrogens is 442 g/mol. The maximum absolute atomic E-state index is 11.7. The first-order chi connectivity index (χ1) is 14.6. The maximum Gasteiger partial charge on any atom is 0.242 e. The van der Waals surface area contributed by atoms with Gasteiger partial charge < -0.3 is 10.4 Å². The van der Waals surface area contributed by atoms with E-state index in [1.54, 1.807) is 6.07 Å². The van der Waals surface area contributed by atoms with Crippen molar-refractivity contribution in [2.45, 2.75) is 43.6 Å². The van der Waals surface area contributed by atoms with Crippen LogP contribution in [0.1, 0.15) is 38.0 Å². The second-order valence-electron chi connectivity index (χ2n) is 7.53. The Morgan fingerprint density at radius 1 is 1.13 bits per heavy atom. The van der Waals surface area contributed by atoms with E-state index in [4.69, 9.17) is 4.63 Å². The fourth-order valence-electron chi connectivity index (χ4n) is 2.99. The van der Waals surface area contributed by atoms with Crippen molar-refractivity contribution in [3.8, 4) is 0 Å². The molecule has 0 unspecified atom stereocenters. The van der Waals surface area contributed by atoms with E-state index in [0.717, 1.165) is 11.8 Å². The molecular formula is C18H25N7O4S2. The molecule has 11 nitrogen and oxygen atoms in total. The summed E-state index contributed by atoms with van der Waals surface area (Å²) in [5.41, 5.74) is 2.16. The number of aliphatic hydroxyl groups excluding tert-OH is 1. The van der Waals surface area contributed by atoms with Gasteiger partial charge in [0.25, 0.3) is 0 Å². The third-order valence-electron chi connectivity index (χ3n) is 4.24. The smallest absolute Gasteiger partial charge is 0.242 e. The molecule has 0 aliphatic carbocycles. The lowest BCUT2D eigenvalue weighted by molar-refractivity contribution is 0.259. The first-order valence-electron chi connectivity index (χ1n) is 9.63. The van der Waals surface area contributed by atoms with Gasteiger partial charge >= 0.3 is 0 Å². The van der Waals surface area contributed by atoms with Gasteiger partial charge in [0.2, 0.25) is 21.9 Å². The summed E-state index contributed by atoms with van der Waals surface area (Å²) >= 11 is 1.31. The Labute approximate surface area is 184 Å². The van der Waals surface area contributed by atoms with Gasteiger partial charge in [0.1, 0.15) is 11.0 Å². The first-order valence-corrected chi connectivity index (χ1v) is 12.4. The van der Waals surface area contributed by atoms with Gasteiger partial charge in [-0.05, 0) is 41.2 Å². The fraction of sp³-hybridized carbons (Fsp3) is 0.500. The van der Waals surface area contributed by atoms with Crippen molar-refractivity contribution in [2.24, 2.45) is 5.92 Å². The minimum Gasteiger partial charge on any atom is -0.394 e. The van der Waals surface area contributed by atoms with Crippen LogP contribution in [0.25, 0.3) is 11.0 Å². The van der Waals surface area contributed by atoms with Crippen LogP contribution in [0.4, 0.5) is 11.9 Å². The van der Waals surface area contributed by atoms with E-state index in [1.165, 1.54) is 11.8 Å². The zero-order valence-corrected chi connectivity index (χ0v) is 19.2. The van der Waals surface area contributed by atoms with Crippen LogP contribution in [0.2, 0.25) is 0 Å². The first kappa shape index (κ1) is 23.2. The average molecular weight is 468 g/mol. The Kier molecular flexibility index (Phi) is 7.28. The number of aromatic nitrogens is 5. The molecule has 0 amide bonds. The van der Waals surface area contributed by atoms with Crippen molar-refractivity contribution >= 4 is 44.7 Å². The van der Waals surface area contributed by atoms with E-state index in [9.17, 15) is 13.5 Å². The van der Waals surface area contributed by atoms with Crippen molar-refractivity contribution < 1.29 is 18.2 Å². The van der Waals surface area contributed by atoms with Gasteiger partial charge in [-0.15, -0.1) is 0 Å². The normalized spacial score (nSPS) is 14.0. The van der Waals surface area contributed by atoms with E-state index in [1.807, 2.05) is 32.9 Å². The predicted molar refractivity (Wildman–Crippen MR) is 118 cm³/mol. The molecule has 0 aliphatic heterocycles. The quantitative estimate of drug-likeness (QED) is 0.376. The molecule has 0 fully saturated rings. The Balaban J connectivity index is 1.90. The van der Waals surface area contributed by atoms with Crippen LogP contribution in [0.15, 0.2) is 28.0 Å². The molecule has 1 aromatic carbocycles. The lowest BCUT2D eigenvalue weighted by Crippen LogP contribution is -2.27. The zero-order chi connectivity index (χ0) is 22.6. The van der Waals surface area contributed by atoms with Gasteiger partial charge in [-0.3, -0.25) is 4.72 Å². The molecule has 2 heterocycles. The van der Waals surface area contributed by atoms with E-state index in [2.05, 4.69) is 35.3 Å². The molecule has 3 N–H and O–H groups in total. The molecule has 0 radical (unpaired) electrons. The van der Waals surface area contributed by atoms with Gasteiger partial charge in [-0.2, -0.15) is 15.0 Å². The maximum atomic E-state index is 11.7. The van der Waals surface area contributed by atoms with Crippen LogP contribution in [-0.2, 0) is 10.0 Å². The summed E-state index contributed by atoms with van der Waals surface area (Å²) in [5.74, 6) is 0.416. The molecule has 0 aliphatic rings.